The summed E-state index contributed by atoms with van der Waals surface area (Å²) < 4.78 is 10.3. The van der Waals surface area contributed by atoms with Crippen molar-refractivity contribution < 1.29 is 23.5 Å². The number of hydrogen-bond donors (Lipinski definition) is 1. The molecule has 0 radical (unpaired) electrons. The molecule has 8 nitrogen and oxygen atoms in total. The summed E-state index contributed by atoms with van der Waals surface area (Å²) in [4.78, 5) is 36.3. The Morgan fingerprint density at radius 1 is 1.07 bits per heavy atom. The second kappa shape index (κ2) is 8.26. The van der Waals surface area contributed by atoms with E-state index >= 15 is 0 Å². The van der Waals surface area contributed by atoms with Crippen LogP contribution in [0.5, 0.6) is 0 Å². The minimum Gasteiger partial charge on any atom is -0.449 e. The normalized spacial score (nSPS) is 11.5. The number of rotatable bonds is 6. The van der Waals surface area contributed by atoms with Gasteiger partial charge in [-0.15, -0.1) is 10.2 Å². The molecule has 0 fully saturated rings. The van der Waals surface area contributed by atoms with Crippen molar-refractivity contribution in [2.75, 3.05) is 5.32 Å². The van der Waals surface area contributed by atoms with Crippen LogP contribution in [0.3, 0.4) is 0 Å². The van der Waals surface area contributed by atoms with Gasteiger partial charge in [0.05, 0.1) is 11.3 Å². The fraction of sp³-hybridized carbons (Fsp3) is 0.150. The summed E-state index contributed by atoms with van der Waals surface area (Å²) in [5.41, 5.74) is 1.67. The van der Waals surface area contributed by atoms with E-state index in [1.807, 2.05) is 0 Å². The molecule has 0 saturated carbocycles. The number of esters is 1. The van der Waals surface area contributed by atoms with Gasteiger partial charge in [-0.1, -0.05) is 12.1 Å². The number of ether oxygens (including phenoxy) is 1. The molecule has 2 aromatic carbocycles. The minimum absolute atomic E-state index is 0.179. The first-order chi connectivity index (χ1) is 13.5. The summed E-state index contributed by atoms with van der Waals surface area (Å²) in [5, 5.41) is 9.99. The molecule has 0 aliphatic heterocycles. The van der Waals surface area contributed by atoms with Crippen molar-refractivity contribution in [3.8, 4) is 11.5 Å². The molecule has 28 heavy (non-hydrogen) atoms. The molecular weight excluding hydrogens is 362 g/mol. The van der Waals surface area contributed by atoms with Gasteiger partial charge in [0.1, 0.15) is 0 Å². The molecule has 3 rings (SSSR count). The highest BCUT2D eigenvalue weighted by molar-refractivity contribution is 6.05. The van der Waals surface area contributed by atoms with Crippen molar-refractivity contribution in [2.24, 2.45) is 0 Å². The first-order valence-corrected chi connectivity index (χ1v) is 8.44. The summed E-state index contributed by atoms with van der Waals surface area (Å²) in [6, 6.07) is 13.0. The van der Waals surface area contributed by atoms with Crippen LogP contribution in [-0.2, 0) is 9.53 Å². The SMILES string of the molecule is CC(=O)c1ccccc1NC(=O)[C@@H](C)OC(=O)c1ccc(-c2nnco2)cc1. The van der Waals surface area contributed by atoms with Gasteiger partial charge in [-0.25, -0.2) is 4.79 Å². The van der Waals surface area contributed by atoms with E-state index in [0.29, 0.717) is 22.7 Å². The first-order valence-electron chi connectivity index (χ1n) is 8.44. The highest BCUT2D eigenvalue weighted by Crippen LogP contribution is 2.18. The fourth-order valence-electron chi connectivity index (χ4n) is 2.46. The third-order valence-electron chi connectivity index (χ3n) is 3.94. The number of aromatic nitrogens is 2. The van der Waals surface area contributed by atoms with Gasteiger partial charge in [0.25, 0.3) is 5.91 Å². The van der Waals surface area contributed by atoms with E-state index in [1.165, 1.54) is 32.4 Å². The van der Waals surface area contributed by atoms with E-state index in [0.717, 1.165) is 0 Å². The van der Waals surface area contributed by atoms with E-state index in [-0.39, 0.29) is 11.3 Å². The van der Waals surface area contributed by atoms with Crippen LogP contribution >= 0.6 is 0 Å². The lowest BCUT2D eigenvalue weighted by atomic mass is 10.1. The van der Waals surface area contributed by atoms with Gasteiger partial charge < -0.3 is 14.5 Å². The number of hydrogen-bond acceptors (Lipinski definition) is 7. The number of amides is 1. The Labute approximate surface area is 160 Å². The number of para-hydroxylation sites is 1. The van der Waals surface area contributed by atoms with Crippen LogP contribution in [0.25, 0.3) is 11.5 Å². The fourth-order valence-corrected chi connectivity index (χ4v) is 2.46. The molecule has 1 amide bonds. The van der Waals surface area contributed by atoms with Crippen LogP contribution in [-0.4, -0.2) is 34.0 Å². The predicted octanol–water partition coefficient (Wildman–Crippen LogP) is 3.12. The third-order valence-corrected chi connectivity index (χ3v) is 3.94. The molecule has 0 unspecified atom stereocenters. The Bertz CT molecular complexity index is 997. The minimum atomic E-state index is -1.05. The Kier molecular flexibility index (Phi) is 5.59. The lowest BCUT2D eigenvalue weighted by Gasteiger charge is -2.15. The maximum absolute atomic E-state index is 12.3. The number of ketones is 1. The number of carbonyl (C=O) groups excluding carboxylic acids is 3. The molecule has 8 heteroatoms. The average Bonchev–Trinajstić information content (AvgIpc) is 3.23. The van der Waals surface area contributed by atoms with Crippen LogP contribution in [0.1, 0.15) is 34.6 Å². The number of benzene rings is 2. The third kappa shape index (κ3) is 4.29. The molecule has 0 aliphatic rings. The monoisotopic (exact) mass is 379 g/mol. The van der Waals surface area contributed by atoms with Gasteiger partial charge in [0.15, 0.2) is 11.9 Å². The topological polar surface area (TPSA) is 111 Å². The second-order valence-electron chi connectivity index (χ2n) is 5.96. The zero-order valence-corrected chi connectivity index (χ0v) is 15.2. The highest BCUT2D eigenvalue weighted by Gasteiger charge is 2.20. The van der Waals surface area contributed by atoms with Crippen LogP contribution in [0.2, 0.25) is 0 Å². The molecule has 142 valence electrons. The van der Waals surface area contributed by atoms with Crippen molar-refractivity contribution in [2.45, 2.75) is 20.0 Å². The number of Topliss-reactive ketones (excluding diaryl/α,β-unsaturated/α-hetero) is 1. The lowest BCUT2D eigenvalue weighted by Crippen LogP contribution is -2.30. The van der Waals surface area contributed by atoms with Crippen molar-refractivity contribution >= 4 is 23.3 Å². The quantitative estimate of drug-likeness (QED) is 0.517. The van der Waals surface area contributed by atoms with Crippen molar-refractivity contribution in [1.82, 2.24) is 10.2 Å². The standard InChI is InChI=1S/C20H17N3O5/c1-12(24)16-5-3-4-6-17(16)22-18(25)13(2)28-20(26)15-9-7-14(8-10-15)19-23-21-11-27-19/h3-11,13H,1-2H3,(H,22,25)/t13-/m1/s1. The molecule has 1 aromatic heterocycles. The number of nitrogens with one attached hydrogen (secondary N) is 1. The van der Waals surface area contributed by atoms with Crippen molar-refractivity contribution in [3.05, 3.63) is 66.1 Å². The van der Waals surface area contributed by atoms with Gasteiger partial charge in [0, 0.05) is 11.1 Å². The largest absolute Gasteiger partial charge is 0.449 e. The Balaban J connectivity index is 1.64. The van der Waals surface area contributed by atoms with E-state index < -0.39 is 18.0 Å². The van der Waals surface area contributed by atoms with Crippen molar-refractivity contribution in [1.29, 1.82) is 0 Å². The summed E-state index contributed by atoms with van der Waals surface area (Å²) in [5.74, 6) is -1.04. The molecule has 1 heterocycles. The molecule has 0 saturated heterocycles. The van der Waals surface area contributed by atoms with E-state index in [4.69, 9.17) is 9.15 Å². The zero-order chi connectivity index (χ0) is 20.1. The smallest absolute Gasteiger partial charge is 0.338 e. The average molecular weight is 379 g/mol. The van der Waals surface area contributed by atoms with Crippen molar-refractivity contribution in [3.63, 3.8) is 0 Å². The second-order valence-corrected chi connectivity index (χ2v) is 5.96. The molecule has 1 atom stereocenters. The van der Waals surface area contributed by atoms with E-state index in [2.05, 4.69) is 15.5 Å². The number of anilines is 1. The summed E-state index contributed by atoms with van der Waals surface area (Å²) in [6.45, 7) is 2.86. The van der Waals surface area contributed by atoms with E-state index in [9.17, 15) is 14.4 Å². The molecule has 3 aromatic rings. The summed E-state index contributed by atoms with van der Waals surface area (Å²) in [6.07, 6.45) is 0.158. The molecule has 0 bridgehead atoms. The van der Waals surface area contributed by atoms with Crippen LogP contribution in [0.15, 0.2) is 59.3 Å². The Morgan fingerprint density at radius 2 is 1.79 bits per heavy atom. The predicted molar refractivity (Wildman–Crippen MR) is 99.7 cm³/mol. The van der Waals surface area contributed by atoms with Gasteiger partial charge in [0.2, 0.25) is 12.3 Å². The summed E-state index contributed by atoms with van der Waals surface area (Å²) in [7, 11) is 0. The number of carbonyl (C=O) groups is 3. The van der Waals surface area contributed by atoms with E-state index in [1.54, 1.807) is 36.4 Å². The zero-order valence-electron chi connectivity index (χ0n) is 15.2. The Morgan fingerprint density at radius 3 is 2.43 bits per heavy atom. The maximum Gasteiger partial charge on any atom is 0.338 e. The Hall–Kier alpha value is -3.81. The molecular formula is C20H17N3O5. The summed E-state index contributed by atoms with van der Waals surface area (Å²) >= 11 is 0. The molecule has 1 N–H and O–H groups in total. The van der Waals surface area contributed by atoms with Gasteiger partial charge in [-0.05, 0) is 50.2 Å². The number of nitrogens with zero attached hydrogens (tertiary/aromatic N) is 2. The van der Waals surface area contributed by atoms with Gasteiger partial charge >= 0.3 is 5.97 Å². The van der Waals surface area contributed by atoms with Gasteiger partial charge in [-0.2, -0.15) is 0 Å². The van der Waals surface area contributed by atoms with Crippen LogP contribution in [0, 0.1) is 0 Å². The maximum atomic E-state index is 12.3. The lowest BCUT2D eigenvalue weighted by molar-refractivity contribution is -0.123. The molecule has 0 spiro atoms. The first kappa shape index (κ1) is 19.0. The van der Waals surface area contributed by atoms with Crippen LogP contribution < -0.4 is 5.32 Å². The highest BCUT2D eigenvalue weighted by atomic mass is 16.5. The van der Waals surface area contributed by atoms with Gasteiger partial charge in [-0.3, -0.25) is 9.59 Å². The molecule has 0 aliphatic carbocycles. The van der Waals surface area contributed by atoms with Crippen LogP contribution in [0.4, 0.5) is 5.69 Å².